The van der Waals surface area contributed by atoms with Crippen LogP contribution >= 0.6 is 0 Å². The van der Waals surface area contributed by atoms with Crippen LogP contribution in [0.1, 0.15) is 32.6 Å². The van der Waals surface area contributed by atoms with Crippen molar-refractivity contribution >= 4 is 15.7 Å². The maximum absolute atomic E-state index is 11.6. The number of nitrogens with one attached hydrogen (secondary N) is 1. The molecule has 5 heteroatoms. The Bertz CT molecular complexity index is 376. The third-order valence-corrected chi connectivity index (χ3v) is 5.56. The Hall–Kier alpha value is -0.580. The SMILES string of the molecule is CCC1NC(=O)CC12CCCS(=O)(=O)C2. The van der Waals surface area contributed by atoms with Gasteiger partial charge in [0.25, 0.3) is 0 Å². The van der Waals surface area contributed by atoms with E-state index in [-0.39, 0.29) is 23.1 Å². The predicted octanol–water partition coefficient (Wildman–Crippen LogP) is 0.480. The van der Waals surface area contributed by atoms with Crippen LogP contribution in [0.25, 0.3) is 0 Å². The molecule has 86 valence electrons. The van der Waals surface area contributed by atoms with E-state index in [2.05, 4.69) is 5.32 Å². The van der Waals surface area contributed by atoms with E-state index in [4.69, 9.17) is 0 Å². The van der Waals surface area contributed by atoms with Gasteiger partial charge in [0.05, 0.1) is 11.5 Å². The molecule has 0 bridgehead atoms. The minimum atomic E-state index is -2.93. The molecule has 0 aromatic rings. The summed E-state index contributed by atoms with van der Waals surface area (Å²) < 4.78 is 23.3. The van der Waals surface area contributed by atoms with Crippen molar-refractivity contribution in [3.05, 3.63) is 0 Å². The predicted molar refractivity (Wildman–Crippen MR) is 57.2 cm³/mol. The van der Waals surface area contributed by atoms with Crippen LogP contribution in [0, 0.1) is 5.41 Å². The van der Waals surface area contributed by atoms with Crippen LogP contribution in [0.3, 0.4) is 0 Å². The van der Waals surface area contributed by atoms with Crippen molar-refractivity contribution in [1.29, 1.82) is 0 Å². The molecule has 2 unspecified atom stereocenters. The highest BCUT2D eigenvalue weighted by Gasteiger charge is 2.50. The van der Waals surface area contributed by atoms with Crippen molar-refractivity contribution in [3.63, 3.8) is 0 Å². The van der Waals surface area contributed by atoms with Gasteiger partial charge in [-0.15, -0.1) is 0 Å². The largest absolute Gasteiger partial charge is 0.353 e. The summed E-state index contributed by atoms with van der Waals surface area (Å²) in [6.07, 6.45) is 2.78. The molecule has 0 aromatic heterocycles. The lowest BCUT2D eigenvalue weighted by Crippen LogP contribution is -2.44. The van der Waals surface area contributed by atoms with E-state index in [1.807, 2.05) is 6.92 Å². The summed E-state index contributed by atoms with van der Waals surface area (Å²) in [5.41, 5.74) is -0.303. The quantitative estimate of drug-likeness (QED) is 0.714. The molecule has 2 heterocycles. The molecule has 1 spiro atoms. The fraction of sp³-hybridized carbons (Fsp3) is 0.900. The van der Waals surface area contributed by atoms with Crippen molar-refractivity contribution in [3.8, 4) is 0 Å². The zero-order valence-electron chi connectivity index (χ0n) is 8.95. The number of carbonyl (C=O) groups is 1. The van der Waals surface area contributed by atoms with Crippen LogP contribution in [0.5, 0.6) is 0 Å². The summed E-state index contributed by atoms with van der Waals surface area (Å²) in [6, 6.07) is 0.0556. The summed E-state index contributed by atoms with van der Waals surface area (Å²) in [5, 5.41) is 2.90. The first-order valence-corrected chi connectivity index (χ1v) is 7.29. The second-order valence-electron chi connectivity index (χ2n) is 4.76. The molecule has 1 amide bonds. The minimum absolute atomic E-state index is 0.0129. The number of carbonyl (C=O) groups excluding carboxylic acids is 1. The fourth-order valence-electron chi connectivity index (χ4n) is 3.02. The topological polar surface area (TPSA) is 63.2 Å². The van der Waals surface area contributed by atoms with Gasteiger partial charge in [-0.25, -0.2) is 8.42 Å². The monoisotopic (exact) mass is 231 g/mol. The average molecular weight is 231 g/mol. The summed E-state index contributed by atoms with van der Waals surface area (Å²) in [6.45, 7) is 2.00. The number of hydrogen-bond acceptors (Lipinski definition) is 3. The maximum Gasteiger partial charge on any atom is 0.220 e. The second kappa shape index (κ2) is 3.47. The van der Waals surface area contributed by atoms with E-state index >= 15 is 0 Å². The van der Waals surface area contributed by atoms with E-state index in [0.717, 1.165) is 12.8 Å². The molecule has 0 radical (unpaired) electrons. The zero-order valence-corrected chi connectivity index (χ0v) is 9.77. The molecule has 4 nitrogen and oxygen atoms in total. The van der Waals surface area contributed by atoms with E-state index in [9.17, 15) is 13.2 Å². The number of hydrogen-bond donors (Lipinski definition) is 1. The van der Waals surface area contributed by atoms with E-state index in [1.165, 1.54) is 0 Å². The maximum atomic E-state index is 11.6. The first kappa shape index (κ1) is 10.9. The first-order valence-electron chi connectivity index (χ1n) is 5.47. The minimum Gasteiger partial charge on any atom is -0.353 e. The number of amides is 1. The van der Waals surface area contributed by atoms with Crippen molar-refractivity contribution < 1.29 is 13.2 Å². The molecule has 2 aliphatic heterocycles. The van der Waals surface area contributed by atoms with Gasteiger partial charge in [-0.2, -0.15) is 0 Å². The highest BCUT2D eigenvalue weighted by atomic mass is 32.2. The number of rotatable bonds is 1. The van der Waals surface area contributed by atoms with Crippen LogP contribution < -0.4 is 5.32 Å². The van der Waals surface area contributed by atoms with Crippen LogP contribution in [-0.2, 0) is 14.6 Å². The van der Waals surface area contributed by atoms with Gasteiger partial charge < -0.3 is 5.32 Å². The lowest BCUT2D eigenvalue weighted by molar-refractivity contribution is -0.119. The normalized spacial score (nSPS) is 39.3. The molecular weight excluding hydrogens is 214 g/mol. The van der Waals surface area contributed by atoms with Gasteiger partial charge in [-0.1, -0.05) is 6.92 Å². The van der Waals surface area contributed by atoms with Gasteiger partial charge in [0, 0.05) is 17.9 Å². The number of sulfone groups is 1. The second-order valence-corrected chi connectivity index (χ2v) is 6.95. The third kappa shape index (κ3) is 1.89. The highest BCUT2D eigenvalue weighted by Crippen LogP contribution is 2.42. The van der Waals surface area contributed by atoms with Gasteiger partial charge in [-0.3, -0.25) is 4.79 Å². The average Bonchev–Trinajstić information content (AvgIpc) is 2.39. The molecule has 0 saturated carbocycles. The molecule has 2 atom stereocenters. The summed E-state index contributed by atoms with van der Waals surface area (Å²) in [5.74, 6) is 0.496. The van der Waals surface area contributed by atoms with Crippen LogP contribution in [0.15, 0.2) is 0 Å². The van der Waals surface area contributed by atoms with E-state index < -0.39 is 9.84 Å². The highest BCUT2D eigenvalue weighted by molar-refractivity contribution is 7.91. The van der Waals surface area contributed by atoms with Crippen LogP contribution in [0.2, 0.25) is 0 Å². The molecule has 2 rings (SSSR count). The Morgan fingerprint density at radius 1 is 1.53 bits per heavy atom. The molecule has 0 aromatic carbocycles. The Morgan fingerprint density at radius 3 is 2.87 bits per heavy atom. The van der Waals surface area contributed by atoms with Gasteiger partial charge in [-0.05, 0) is 19.3 Å². The summed E-state index contributed by atoms with van der Waals surface area (Å²) in [7, 11) is -2.93. The van der Waals surface area contributed by atoms with Crippen molar-refractivity contribution in [1.82, 2.24) is 5.32 Å². The third-order valence-electron chi connectivity index (χ3n) is 3.63. The van der Waals surface area contributed by atoms with Crippen molar-refractivity contribution in [2.24, 2.45) is 5.41 Å². The van der Waals surface area contributed by atoms with Crippen LogP contribution in [-0.4, -0.2) is 31.9 Å². The summed E-state index contributed by atoms with van der Waals surface area (Å²) >= 11 is 0. The molecule has 0 aliphatic carbocycles. The van der Waals surface area contributed by atoms with Crippen LogP contribution in [0.4, 0.5) is 0 Å². The van der Waals surface area contributed by atoms with Gasteiger partial charge >= 0.3 is 0 Å². The van der Waals surface area contributed by atoms with Crippen molar-refractivity contribution in [2.45, 2.75) is 38.6 Å². The zero-order chi connectivity index (χ0) is 11.1. The first-order chi connectivity index (χ1) is 6.97. The Balaban J connectivity index is 2.28. The lowest BCUT2D eigenvalue weighted by atomic mass is 9.77. The summed E-state index contributed by atoms with van der Waals surface area (Å²) in [4.78, 5) is 11.4. The van der Waals surface area contributed by atoms with Gasteiger partial charge in [0.2, 0.25) is 5.91 Å². The van der Waals surface area contributed by atoms with E-state index in [1.54, 1.807) is 0 Å². The van der Waals surface area contributed by atoms with Gasteiger partial charge in [0.1, 0.15) is 0 Å². The molecule has 2 aliphatic rings. The molecule has 15 heavy (non-hydrogen) atoms. The fourth-order valence-corrected chi connectivity index (χ4v) is 5.07. The standard InChI is InChI=1S/C10H17NO3S/c1-2-8-10(6-9(12)11-8)4-3-5-15(13,14)7-10/h8H,2-7H2,1H3,(H,11,12). The molecule has 1 N–H and O–H groups in total. The molecule has 2 fully saturated rings. The Labute approximate surface area is 90.3 Å². The molecule has 2 saturated heterocycles. The lowest BCUT2D eigenvalue weighted by Gasteiger charge is -2.36. The molecular formula is C10H17NO3S. The van der Waals surface area contributed by atoms with Crippen molar-refractivity contribution in [2.75, 3.05) is 11.5 Å². The van der Waals surface area contributed by atoms with Gasteiger partial charge in [0.15, 0.2) is 9.84 Å². The Kier molecular flexibility index (Phi) is 2.53. The van der Waals surface area contributed by atoms with E-state index in [0.29, 0.717) is 18.6 Å². The smallest absolute Gasteiger partial charge is 0.220 e. The Morgan fingerprint density at radius 2 is 2.27 bits per heavy atom.